The maximum absolute atomic E-state index is 5.80. The van der Waals surface area contributed by atoms with Gasteiger partial charge < -0.3 is 9.64 Å². The quantitative estimate of drug-likeness (QED) is 0.560. The fourth-order valence-electron chi connectivity index (χ4n) is 1.80. The summed E-state index contributed by atoms with van der Waals surface area (Å²) in [5.41, 5.74) is 3.72. The van der Waals surface area contributed by atoms with Crippen LogP contribution in [0.4, 0.5) is 5.69 Å². The van der Waals surface area contributed by atoms with Crippen molar-refractivity contribution in [2.24, 2.45) is 0 Å². The first-order valence-electron chi connectivity index (χ1n) is 5.54. The van der Waals surface area contributed by atoms with Gasteiger partial charge in [0.15, 0.2) is 0 Å². The molecule has 0 radical (unpaired) electrons. The van der Waals surface area contributed by atoms with Crippen molar-refractivity contribution in [3.8, 4) is 0 Å². The molecule has 1 aromatic rings. The minimum absolute atomic E-state index is 0.578. The van der Waals surface area contributed by atoms with Crippen LogP contribution in [0.15, 0.2) is 18.2 Å². The number of halogens is 1. The van der Waals surface area contributed by atoms with Gasteiger partial charge in [-0.2, -0.15) is 0 Å². The number of alkyl halides is 1. The van der Waals surface area contributed by atoms with E-state index in [0.29, 0.717) is 5.88 Å². The van der Waals surface area contributed by atoms with E-state index in [1.807, 2.05) is 0 Å². The van der Waals surface area contributed by atoms with E-state index in [1.165, 1.54) is 16.8 Å². The van der Waals surface area contributed by atoms with Crippen LogP contribution in [0.2, 0.25) is 0 Å². The van der Waals surface area contributed by atoms with Gasteiger partial charge in [-0.3, -0.25) is 0 Å². The molecule has 90 valence electrons. The Morgan fingerprint density at radius 3 is 2.69 bits per heavy atom. The highest BCUT2D eigenvalue weighted by Gasteiger charge is 2.04. The van der Waals surface area contributed by atoms with Crippen LogP contribution in [-0.2, 0) is 10.6 Å². The van der Waals surface area contributed by atoms with Crippen molar-refractivity contribution in [2.45, 2.75) is 19.2 Å². The number of hydrogen-bond acceptors (Lipinski definition) is 2. The van der Waals surface area contributed by atoms with E-state index >= 15 is 0 Å². The van der Waals surface area contributed by atoms with E-state index in [9.17, 15) is 0 Å². The van der Waals surface area contributed by atoms with Crippen LogP contribution in [0.3, 0.4) is 0 Å². The van der Waals surface area contributed by atoms with E-state index in [4.69, 9.17) is 16.3 Å². The summed E-state index contributed by atoms with van der Waals surface area (Å²) in [6, 6.07) is 6.37. The Morgan fingerprint density at radius 2 is 2.12 bits per heavy atom. The summed E-state index contributed by atoms with van der Waals surface area (Å²) in [5.74, 6) is 0.578. The van der Waals surface area contributed by atoms with Gasteiger partial charge in [-0.25, -0.2) is 0 Å². The highest BCUT2D eigenvalue weighted by Crippen LogP contribution is 2.21. The lowest BCUT2D eigenvalue weighted by atomic mass is 10.1. The normalized spacial score (nSPS) is 10.5. The Labute approximate surface area is 103 Å². The van der Waals surface area contributed by atoms with Crippen LogP contribution in [0, 0.1) is 6.92 Å². The van der Waals surface area contributed by atoms with E-state index in [1.54, 1.807) is 7.11 Å². The second kappa shape index (κ2) is 6.77. The van der Waals surface area contributed by atoms with Gasteiger partial charge in [0.05, 0.1) is 0 Å². The summed E-state index contributed by atoms with van der Waals surface area (Å²) in [5, 5.41) is 0. The molecule has 0 amide bonds. The Balaban J connectivity index is 2.64. The standard InChI is InChI=1S/C13H20ClNO/c1-11-9-12(10-14)5-6-13(11)15(2)7-4-8-16-3/h5-6,9H,4,7-8,10H2,1-3H3. The molecule has 0 aliphatic heterocycles. The number of rotatable bonds is 6. The molecule has 0 fully saturated rings. The van der Waals surface area contributed by atoms with E-state index in [0.717, 1.165) is 19.6 Å². The molecule has 16 heavy (non-hydrogen) atoms. The predicted octanol–water partition coefficient (Wildman–Crippen LogP) is 3.21. The fourth-order valence-corrected chi connectivity index (χ4v) is 1.96. The summed E-state index contributed by atoms with van der Waals surface area (Å²) in [7, 11) is 3.85. The van der Waals surface area contributed by atoms with E-state index < -0.39 is 0 Å². The highest BCUT2D eigenvalue weighted by atomic mass is 35.5. The molecular formula is C13H20ClNO. The van der Waals surface area contributed by atoms with E-state index in [-0.39, 0.29) is 0 Å². The minimum Gasteiger partial charge on any atom is -0.385 e. The number of hydrogen-bond donors (Lipinski definition) is 0. The lowest BCUT2D eigenvalue weighted by molar-refractivity contribution is 0.196. The van der Waals surface area contributed by atoms with Gasteiger partial charge in [0, 0.05) is 38.9 Å². The van der Waals surface area contributed by atoms with Gasteiger partial charge >= 0.3 is 0 Å². The van der Waals surface area contributed by atoms with Crippen molar-refractivity contribution in [3.63, 3.8) is 0 Å². The smallest absolute Gasteiger partial charge is 0.0479 e. The second-order valence-corrected chi connectivity index (χ2v) is 4.29. The Bertz CT molecular complexity index is 328. The number of benzene rings is 1. The van der Waals surface area contributed by atoms with Crippen molar-refractivity contribution in [2.75, 3.05) is 32.2 Å². The molecular weight excluding hydrogens is 222 g/mol. The van der Waals surface area contributed by atoms with Crippen LogP contribution in [0.25, 0.3) is 0 Å². The monoisotopic (exact) mass is 241 g/mol. The molecule has 2 nitrogen and oxygen atoms in total. The number of aryl methyl sites for hydroxylation is 1. The summed E-state index contributed by atoms with van der Waals surface area (Å²) < 4.78 is 5.05. The molecule has 0 aliphatic rings. The first-order chi connectivity index (χ1) is 7.69. The third-order valence-electron chi connectivity index (χ3n) is 2.67. The molecule has 0 spiro atoms. The molecule has 0 bridgehead atoms. The molecule has 0 unspecified atom stereocenters. The zero-order valence-corrected chi connectivity index (χ0v) is 11.0. The van der Waals surface area contributed by atoms with E-state index in [2.05, 4.69) is 37.1 Å². The number of ether oxygens (including phenoxy) is 1. The average Bonchev–Trinajstić information content (AvgIpc) is 2.29. The topological polar surface area (TPSA) is 12.5 Å². The van der Waals surface area contributed by atoms with Crippen molar-refractivity contribution in [1.82, 2.24) is 0 Å². The third kappa shape index (κ3) is 3.69. The molecule has 0 atom stereocenters. The fraction of sp³-hybridized carbons (Fsp3) is 0.538. The summed E-state index contributed by atoms with van der Waals surface area (Å²) in [6.45, 7) is 3.94. The molecule has 1 rings (SSSR count). The summed E-state index contributed by atoms with van der Waals surface area (Å²) in [6.07, 6.45) is 1.05. The number of methoxy groups -OCH3 is 1. The average molecular weight is 242 g/mol. The van der Waals surface area contributed by atoms with Crippen LogP contribution in [-0.4, -0.2) is 27.3 Å². The van der Waals surface area contributed by atoms with Gasteiger partial charge in [0.2, 0.25) is 0 Å². The predicted molar refractivity (Wildman–Crippen MR) is 70.5 cm³/mol. The maximum atomic E-state index is 5.80. The number of anilines is 1. The Morgan fingerprint density at radius 1 is 1.38 bits per heavy atom. The van der Waals surface area contributed by atoms with Crippen molar-refractivity contribution < 1.29 is 4.74 Å². The lowest BCUT2D eigenvalue weighted by Crippen LogP contribution is -2.20. The van der Waals surface area contributed by atoms with Gasteiger partial charge in [-0.15, -0.1) is 11.6 Å². The Kier molecular flexibility index (Phi) is 5.64. The first kappa shape index (κ1) is 13.3. The number of nitrogens with zero attached hydrogens (tertiary/aromatic N) is 1. The van der Waals surface area contributed by atoms with Crippen LogP contribution in [0.1, 0.15) is 17.5 Å². The molecule has 0 heterocycles. The van der Waals surface area contributed by atoms with Crippen LogP contribution < -0.4 is 4.90 Å². The molecule has 1 aromatic carbocycles. The summed E-state index contributed by atoms with van der Waals surface area (Å²) in [4.78, 5) is 2.26. The van der Waals surface area contributed by atoms with Gasteiger partial charge in [0.1, 0.15) is 0 Å². The zero-order valence-electron chi connectivity index (χ0n) is 10.3. The largest absolute Gasteiger partial charge is 0.385 e. The highest BCUT2D eigenvalue weighted by molar-refractivity contribution is 6.17. The molecule has 0 saturated heterocycles. The first-order valence-corrected chi connectivity index (χ1v) is 6.08. The van der Waals surface area contributed by atoms with Crippen molar-refractivity contribution in [1.29, 1.82) is 0 Å². The lowest BCUT2D eigenvalue weighted by Gasteiger charge is -2.21. The zero-order chi connectivity index (χ0) is 12.0. The molecule has 0 N–H and O–H groups in total. The van der Waals surface area contributed by atoms with Gasteiger partial charge in [-0.05, 0) is 30.5 Å². The SMILES string of the molecule is COCCCN(C)c1ccc(CCl)cc1C. The Hall–Kier alpha value is -0.730. The molecule has 0 saturated carbocycles. The summed E-state index contributed by atoms with van der Waals surface area (Å²) >= 11 is 5.80. The van der Waals surface area contributed by atoms with Gasteiger partial charge in [0.25, 0.3) is 0 Å². The maximum Gasteiger partial charge on any atom is 0.0479 e. The molecule has 0 aliphatic carbocycles. The second-order valence-electron chi connectivity index (χ2n) is 4.02. The molecule has 3 heteroatoms. The van der Waals surface area contributed by atoms with Crippen molar-refractivity contribution >= 4 is 17.3 Å². The van der Waals surface area contributed by atoms with Crippen LogP contribution >= 0.6 is 11.6 Å². The van der Waals surface area contributed by atoms with Gasteiger partial charge in [-0.1, -0.05) is 12.1 Å². The third-order valence-corrected chi connectivity index (χ3v) is 2.98. The minimum atomic E-state index is 0.578. The van der Waals surface area contributed by atoms with Crippen molar-refractivity contribution in [3.05, 3.63) is 29.3 Å². The molecule has 0 aromatic heterocycles. The van der Waals surface area contributed by atoms with Crippen LogP contribution in [0.5, 0.6) is 0 Å².